The third kappa shape index (κ3) is 5.12. The van der Waals surface area contributed by atoms with Crippen LogP contribution in [0.2, 0.25) is 0 Å². The van der Waals surface area contributed by atoms with E-state index >= 15 is 0 Å². The fourth-order valence-electron chi connectivity index (χ4n) is 3.42. The average Bonchev–Trinajstić information content (AvgIpc) is 2.39. The van der Waals surface area contributed by atoms with Crippen molar-refractivity contribution in [1.82, 2.24) is 10.6 Å². The summed E-state index contributed by atoms with van der Waals surface area (Å²) in [6, 6.07) is -0.0646. The molecule has 2 atom stereocenters. The Balaban J connectivity index is 1.66. The van der Waals surface area contributed by atoms with Crippen molar-refractivity contribution in [3.63, 3.8) is 0 Å². The predicted octanol–water partition coefficient (Wildman–Crippen LogP) is 0.460. The highest BCUT2D eigenvalue weighted by Gasteiger charge is 2.23. The summed E-state index contributed by atoms with van der Waals surface area (Å²) in [6.45, 7) is 4.73. The van der Waals surface area contributed by atoms with Gasteiger partial charge in [0, 0.05) is 12.0 Å². The molecule has 3 N–H and O–H groups in total. The lowest BCUT2D eigenvalue weighted by molar-refractivity contribution is -0.900. The maximum Gasteiger partial charge on any atom is 0.321 e. The van der Waals surface area contributed by atoms with Crippen LogP contribution in [0.15, 0.2) is 0 Å². The molecule has 2 aliphatic rings. The van der Waals surface area contributed by atoms with E-state index < -0.39 is 0 Å². The van der Waals surface area contributed by atoms with Crippen LogP contribution in [-0.4, -0.2) is 37.6 Å². The lowest BCUT2D eigenvalue weighted by atomic mass is 9.96. The van der Waals surface area contributed by atoms with Crippen molar-refractivity contribution < 1.29 is 14.5 Å². The van der Waals surface area contributed by atoms with Gasteiger partial charge in [0.2, 0.25) is 0 Å². The Labute approximate surface area is 121 Å². The van der Waals surface area contributed by atoms with Crippen LogP contribution in [0.4, 0.5) is 4.79 Å². The molecule has 2 rings (SSSR count). The first kappa shape index (κ1) is 15.3. The van der Waals surface area contributed by atoms with Crippen molar-refractivity contribution in [3.05, 3.63) is 0 Å². The Hall–Kier alpha value is -1.10. The SMILES string of the molecule is C[C@H]1CCC[NH+](CC(=O)NC(=O)NC2CCCCC2)C1. The quantitative estimate of drug-likeness (QED) is 0.704. The number of rotatable bonds is 3. The van der Waals surface area contributed by atoms with Crippen LogP contribution >= 0.6 is 0 Å². The summed E-state index contributed by atoms with van der Waals surface area (Å²) >= 11 is 0. The second-order valence-corrected chi connectivity index (χ2v) is 6.48. The van der Waals surface area contributed by atoms with E-state index in [0.717, 1.165) is 25.9 Å². The average molecular weight is 282 g/mol. The maximum atomic E-state index is 11.9. The van der Waals surface area contributed by atoms with E-state index in [4.69, 9.17) is 0 Å². The third-order valence-corrected chi connectivity index (χ3v) is 4.47. The monoisotopic (exact) mass is 282 g/mol. The first-order valence-electron chi connectivity index (χ1n) is 8.07. The highest BCUT2D eigenvalue weighted by molar-refractivity contribution is 5.94. The van der Waals surface area contributed by atoms with E-state index in [1.165, 1.54) is 37.0 Å². The number of imide groups is 1. The number of urea groups is 1. The van der Waals surface area contributed by atoms with Crippen LogP contribution < -0.4 is 15.5 Å². The number of quaternary nitrogens is 1. The first-order chi connectivity index (χ1) is 9.63. The summed E-state index contributed by atoms with van der Waals surface area (Å²) in [5, 5.41) is 5.40. The van der Waals surface area contributed by atoms with Crippen LogP contribution in [0.25, 0.3) is 0 Å². The molecule has 0 aromatic heterocycles. The van der Waals surface area contributed by atoms with Crippen LogP contribution in [-0.2, 0) is 4.79 Å². The van der Waals surface area contributed by atoms with Crippen molar-refractivity contribution in [2.75, 3.05) is 19.6 Å². The molecule has 2 fully saturated rings. The second kappa shape index (κ2) is 7.62. The highest BCUT2D eigenvalue weighted by Crippen LogP contribution is 2.17. The molecule has 5 heteroatoms. The van der Waals surface area contributed by atoms with Gasteiger partial charge in [-0.3, -0.25) is 10.1 Å². The molecule has 1 unspecified atom stereocenters. The molecule has 5 nitrogen and oxygen atoms in total. The second-order valence-electron chi connectivity index (χ2n) is 6.48. The van der Waals surface area contributed by atoms with Gasteiger partial charge in [0.25, 0.3) is 5.91 Å². The molecule has 0 aromatic rings. The summed E-state index contributed by atoms with van der Waals surface area (Å²) in [5.41, 5.74) is 0. The molecule has 1 aliphatic carbocycles. The van der Waals surface area contributed by atoms with E-state index in [1.807, 2.05) is 0 Å². The van der Waals surface area contributed by atoms with Crippen molar-refractivity contribution in [1.29, 1.82) is 0 Å². The van der Waals surface area contributed by atoms with Crippen molar-refractivity contribution in [3.8, 4) is 0 Å². The van der Waals surface area contributed by atoms with E-state index in [1.54, 1.807) is 0 Å². The van der Waals surface area contributed by atoms with Gasteiger partial charge in [-0.15, -0.1) is 0 Å². The number of hydrogen-bond donors (Lipinski definition) is 3. The molecule has 3 amide bonds. The minimum atomic E-state index is -0.314. The fraction of sp³-hybridized carbons (Fsp3) is 0.867. The molecule has 1 saturated carbocycles. The number of likely N-dealkylation sites (tertiary alicyclic amines) is 1. The Bertz CT molecular complexity index is 340. The Morgan fingerprint density at radius 1 is 1.10 bits per heavy atom. The fourth-order valence-corrected chi connectivity index (χ4v) is 3.42. The van der Waals surface area contributed by atoms with Gasteiger partial charge < -0.3 is 10.2 Å². The lowest BCUT2D eigenvalue weighted by Crippen LogP contribution is -3.14. The van der Waals surface area contributed by atoms with Crippen LogP contribution in [0.3, 0.4) is 0 Å². The molecular formula is C15H28N3O2+. The molecule has 0 spiro atoms. The van der Waals surface area contributed by atoms with E-state index in [9.17, 15) is 9.59 Å². The summed E-state index contributed by atoms with van der Waals surface area (Å²) < 4.78 is 0. The van der Waals surface area contributed by atoms with Crippen molar-refractivity contribution >= 4 is 11.9 Å². The number of piperidine rings is 1. The summed E-state index contributed by atoms with van der Waals surface area (Å²) in [7, 11) is 0. The number of carbonyl (C=O) groups is 2. The van der Waals surface area contributed by atoms with Crippen LogP contribution in [0.1, 0.15) is 51.9 Å². The number of amides is 3. The number of nitrogens with one attached hydrogen (secondary N) is 3. The van der Waals surface area contributed by atoms with Gasteiger partial charge in [0.05, 0.1) is 13.1 Å². The van der Waals surface area contributed by atoms with Gasteiger partial charge in [-0.05, 0) is 25.7 Å². The van der Waals surface area contributed by atoms with Crippen molar-refractivity contribution in [2.45, 2.75) is 57.9 Å². The standard InChI is InChI=1S/C15H27N3O2/c1-12-6-5-9-18(10-12)11-14(19)17-15(20)16-13-7-3-2-4-8-13/h12-13H,2-11H2,1H3,(H2,16,17,19,20)/p+1/t12-/m0/s1. The molecule has 1 saturated heterocycles. The lowest BCUT2D eigenvalue weighted by Gasteiger charge is -2.27. The summed E-state index contributed by atoms with van der Waals surface area (Å²) in [5.74, 6) is 0.532. The predicted molar refractivity (Wildman–Crippen MR) is 77.5 cm³/mol. The van der Waals surface area contributed by atoms with E-state index in [0.29, 0.717) is 12.5 Å². The first-order valence-corrected chi connectivity index (χ1v) is 8.07. The van der Waals surface area contributed by atoms with Crippen molar-refractivity contribution in [2.24, 2.45) is 5.92 Å². The molecule has 20 heavy (non-hydrogen) atoms. The van der Waals surface area contributed by atoms with Crippen LogP contribution in [0, 0.1) is 5.92 Å². The van der Waals surface area contributed by atoms with Crippen LogP contribution in [0.5, 0.6) is 0 Å². The smallest absolute Gasteiger partial charge is 0.321 e. The topological polar surface area (TPSA) is 62.6 Å². The Kier molecular flexibility index (Phi) is 5.83. The van der Waals surface area contributed by atoms with Gasteiger partial charge >= 0.3 is 6.03 Å². The molecule has 0 bridgehead atoms. The minimum Gasteiger partial charge on any atom is -0.335 e. The van der Waals surface area contributed by atoms with Gasteiger partial charge in [0.15, 0.2) is 6.54 Å². The van der Waals surface area contributed by atoms with E-state index in [2.05, 4.69) is 17.6 Å². The van der Waals surface area contributed by atoms with E-state index in [-0.39, 0.29) is 18.0 Å². The van der Waals surface area contributed by atoms with Gasteiger partial charge in [0.1, 0.15) is 0 Å². The van der Waals surface area contributed by atoms with Gasteiger partial charge in [-0.1, -0.05) is 26.2 Å². The largest absolute Gasteiger partial charge is 0.335 e. The van der Waals surface area contributed by atoms with Gasteiger partial charge in [-0.25, -0.2) is 4.79 Å². The zero-order chi connectivity index (χ0) is 14.4. The zero-order valence-electron chi connectivity index (χ0n) is 12.5. The summed E-state index contributed by atoms with van der Waals surface area (Å²) in [6.07, 6.45) is 8.12. The Morgan fingerprint density at radius 2 is 1.85 bits per heavy atom. The van der Waals surface area contributed by atoms with Gasteiger partial charge in [-0.2, -0.15) is 0 Å². The molecule has 114 valence electrons. The molecular weight excluding hydrogens is 254 g/mol. The molecule has 0 radical (unpaired) electrons. The number of hydrogen-bond acceptors (Lipinski definition) is 2. The normalized spacial score (nSPS) is 27.9. The molecule has 0 aromatic carbocycles. The third-order valence-electron chi connectivity index (χ3n) is 4.47. The molecule has 1 heterocycles. The number of carbonyl (C=O) groups excluding carboxylic acids is 2. The summed E-state index contributed by atoms with van der Waals surface area (Å²) in [4.78, 5) is 25.0. The maximum absolute atomic E-state index is 11.9. The zero-order valence-corrected chi connectivity index (χ0v) is 12.5. The molecule has 1 aliphatic heterocycles. The Morgan fingerprint density at radius 3 is 2.55 bits per heavy atom. The highest BCUT2D eigenvalue weighted by atomic mass is 16.2. The minimum absolute atomic E-state index is 0.151.